The number of carbonyl (C=O) groups excluding carboxylic acids is 1. The van der Waals surface area contributed by atoms with Gasteiger partial charge in [-0.05, 0) is 24.3 Å². The van der Waals surface area contributed by atoms with Gasteiger partial charge in [-0.3, -0.25) is 4.79 Å². The van der Waals surface area contributed by atoms with Gasteiger partial charge >= 0.3 is 0 Å². The minimum absolute atomic E-state index is 0.149. The minimum Gasteiger partial charge on any atom is -0.338 e. The van der Waals surface area contributed by atoms with Crippen molar-refractivity contribution in [3.63, 3.8) is 0 Å². The molecule has 1 saturated carbocycles. The van der Waals surface area contributed by atoms with Crippen LogP contribution in [0, 0.1) is 11.8 Å². The summed E-state index contributed by atoms with van der Waals surface area (Å²) in [5, 5.41) is 0. The molecule has 0 aromatic heterocycles. The van der Waals surface area contributed by atoms with Crippen LogP contribution in [0.3, 0.4) is 0 Å². The zero-order chi connectivity index (χ0) is 14.1. The fourth-order valence-electron chi connectivity index (χ4n) is 3.32. The van der Waals surface area contributed by atoms with Gasteiger partial charge < -0.3 is 4.90 Å². The molecule has 0 radical (unpaired) electrons. The Morgan fingerprint density at radius 2 is 1.90 bits per heavy atom. The first-order chi connectivity index (χ1) is 9.66. The third-order valence-corrected chi connectivity index (χ3v) is 4.75. The molecule has 0 bridgehead atoms. The van der Waals surface area contributed by atoms with Crippen molar-refractivity contribution < 1.29 is 13.6 Å². The molecule has 1 aliphatic carbocycles. The van der Waals surface area contributed by atoms with Gasteiger partial charge in [-0.15, -0.1) is 0 Å². The summed E-state index contributed by atoms with van der Waals surface area (Å²) in [7, 11) is 0. The van der Waals surface area contributed by atoms with E-state index in [1.807, 2.05) is 0 Å². The highest BCUT2D eigenvalue weighted by Crippen LogP contribution is 2.38. The first kappa shape index (κ1) is 13.5. The van der Waals surface area contributed by atoms with Crippen LogP contribution in [0.5, 0.6) is 0 Å². The Bertz CT molecular complexity index is 499. The lowest BCUT2D eigenvalue weighted by Crippen LogP contribution is -2.31. The second-order valence-electron chi connectivity index (χ2n) is 5.88. The topological polar surface area (TPSA) is 20.3 Å². The molecule has 0 N–H and O–H groups in total. The number of halogens is 2. The SMILES string of the molecule is O=C(c1ccccc1C(F)F)N1CCC(C2CCC2)C1. The molecule has 2 aliphatic rings. The van der Waals surface area contributed by atoms with E-state index in [1.54, 1.807) is 17.0 Å². The Balaban J connectivity index is 1.73. The molecule has 1 aliphatic heterocycles. The van der Waals surface area contributed by atoms with E-state index in [-0.39, 0.29) is 17.0 Å². The molecule has 1 aromatic carbocycles. The number of hydrogen-bond donors (Lipinski definition) is 0. The van der Waals surface area contributed by atoms with E-state index in [0.29, 0.717) is 12.5 Å². The molecule has 2 nitrogen and oxygen atoms in total. The first-order valence-corrected chi connectivity index (χ1v) is 7.33. The Morgan fingerprint density at radius 3 is 2.55 bits per heavy atom. The number of benzene rings is 1. The van der Waals surface area contributed by atoms with Crippen molar-refractivity contribution >= 4 is 5.91 Å². The Labute approximate surface area is 117 Å². The summed E-state index contributed by atoms with van der Waals surface area (Å²) < 4.78 is 25.9. The fraction of sp³-hybridized carbons (Fsp3) is 0.562. The smallest absolute Gasteiger partial charge is 0.264 e. The molecule has 4 heteroatoms. The highest BCUT2D eigenvalue weighted by atomic mass is 19.3. The number of hydrogen-bond acceptors (Lipinski definition) is 1. The Morgan fingerprint density at radius 1 is 1.15 bits per heavy atom. The van der Waals surface area contributed by atoms with E-state index in [9.17, 15) is 13.6 Å². The molecular weight excluding hydrogens is 260 g/mol. The molecule has 0 spiro atoms. The molecule has 3 rings (SSSR count). The standard InChI is InChI=1S/C16H19F2NO/c17-15(18)13-6-1-2-7-14(13)16(20)19-9-8-12(10-19)11-4-3-5-11/h1-2,6-7,11-12,15H,3-5,8-10H2. The zero-order valence-corrected chi connectivity index (χ0v) is 11.4. The number of likely N-dealkylation sites (tertiary alicyclic amines) is 1. The van der Waals surface area contributed by atoms with E-state index in [2.05, 4.69) is 0 Å². The van der Waals surface area contributed by atoms with Gasteiger partial charge in [0, 0.05) is 24.2 Å². The van der Waals surface area contributed by atoms with E-state index in [0.717, 1.165) is 18.9 Å². The Kier molecular flexibility index (Phi) is 3.72. The van der Waals surface area contributed by atoms with Gasteiger partial charge in [-0.25, -0.2) is 8.78 Å². The normalized spacial score (nSPS) is 23.1. The van der Waals surface area contributed by atoms with Crippen LogP contribution < -0.4 is 0 Å². The van der Waals surface area contributed by atoms with Gasteiger partial charge in [0.25, 0.3) is 12.3 Å². The van der Waals surface area contributed by atoms with Gasteiger partial charge in [-0.1, -0.05) is 37.5 Å². The molecule has 1 amide bonds. The Hall–Kier alpha value is -1.45. The predicted molar refractivity (Wildman–Crippen MR) is 72.8 cm³/mol. The summed E-state index contributed by atoms with van der Waals surface area (Å²) in [5.41, 5.74) is 0.0151. The summed E-state index contributed by atoms with van der Waals surface area (Å²) in [6.07, 6.45) is 2.25. The molecule has 1 heterocycles. The summed E-state index contributed by atoms with van der Waals surface area (Å²) >= 11 is 0. The van der Waals surface area contributed by atoms with E-state index in [4.69, 9.17) is 0 Å². The molecule has 1 unspecified atom stereocenters. The van der Waals surface area contributed by atoms with Crippen molar-refractivity contribution in [2.24, 2.45) is 11.8 Å². The van der Waals surface area contributed by atoms with E-state index in [1.165, 1.54) is 31.4 Å². The molecule has 108 valence electrons. The third-order valence-electron chi connectivity index (χ3n) is 4.75. The van der Waals surface area contributed by atoms with Crippen molar-refractivity contribution in [2.75, 3.05) is 13.1 Å². The highest BCUT2D eigenvalue weighted by molar-refractivity contribution is 5.96. The van der Waals surface area contributed by atoms with Crippen molar-refractivity contribution in [1.29, 1.82) is 0 Å². The lowest BCUT2D eigenvalue weighted by atomic mass is 9.75. The number of alkyl halides is 2. The maximum atomic E-state index is 13.0. The second kappa shape index (κ2) is 5.51. The monoisotopic (exact) mass is 279 g/mol. The summed E-state index contributed by atoms with van der Waals surface area (Å²) in [5.74, 6) is 1.09. The fourth-order valence-corrected chi connectivity index (χ4v) is 3.32. The first-order valence-electron chi connectivity index (χ1n) is 7.33. The average molecular weight is 279 g/mol. The lowest BCUT2D eigenvalue weighted by Gasteiger charge is -2.31. The largest absolute Gasteiger partial charge is 0.338 e. The quantitative estimate of drug-likeness (QED) is 0.822. The lowest BCUT2D eigenvalue weighted by molar-refractivity contribution is 0.0763. The molecule has 20 heavy (non-hydrogen) atoms. The molecule has 1 aromatic rings. The number of amides is 1. The zero-order valence-electron chi connectivity index (χ0n) is 11.4. The summed E-state index contributed by atoms with van der Waals surface area (Å²) in [6.45, 7) is 1.44. The van der Waals surface area contributed by atoms with Crippen LogP contribution in [0.4, 0.5) is 8.78 Å². The summed E-state index contributed by atoms with van der Waals surface area (Å²) in [6, 6.07) is 6.07. The van der Waals surface area contributed by atoms with Crippen LogP contribution in [0.1, 0.15) is 48.0 Å². The van der Waals surface area contributed by atoms with Crippen LogP contribution in [-0.2, 0) is 0 Å². The van der Waals surface area contributed by atoms with E-state index >= 15 is 0 Å². The van der Waals surface area contributed by atoms with E-state index < -0.39 is 6.43 Å². The molecule has 1 atom stereocenters. The van der Waals surface area contributed by atoms with Crippen molar-refractivity contribution in [3.05, 3.63) is 35.4 Å². The number of rotatable bonds is 3. The highest BCUT2D eigenvalue weighted by Gasteiger charge is 2.35. The van der Waals surface area contributed by atoms with Crippen LogP contribution >= 0.6 is 0 Å². The minimum atomic E-state index is -2.60. The third kappa shape index (κ3) is 2.43. The second-order valence-corrected chi connectivity index (χ2v) is 5.88. The predicted octanol–water partition coefficient (Wildman–Crippen LogP) is 3.89. The molecular formula is C16H19F2NO. The number of carbonyl (C=O) groups is 1. The molecule has 1 saturated heterocycles. The maximum Gasteiger partial charge on any atom is 0.264 e. The van der Waals surface area contributed by atoms with Crippen LogP contribution in [0.2, 0.25) is 0 Å². The van der Waals surface area contributed by atoms with Gasteiger partial charge in [-0.2, -0.15) is 0 Å². The van der Waals surface area contributed by atoms with Crippen molar-refractivity contribution in [3.8, 4) is 0 Å². The maximum absolute atomic E-state index is 13.0. The van der Waals surface area contributed by atoms with Gasteiger partial charge in [0.2, 0.25) is 0 Å². The van der Waals surface area contributed by atoms with Crippen molar-refractivity contribution in [2.45, 2.75) is 32.1 Å². The molecule has 2 fully saturated rings. The van der Waals surface area contributed by atoms with Crippen LogP contribution in [0.15, 0.2) is 24.3 Å². The van der Waals surface area contributed by atoms with Gasteiger partial charge in [0.15, 0.2) is 0 Å². The van der Waals surface area contributed by atoms with Crippen molar-refractivity contribution in [1.82, 2.24) is 4.90 Å². The van der Waals surface area contributed by atoms with Crippen LogP contribution in [0.25, 0.3) is 0 Å². The van der Waals surface area contributed by atoms with Gasteiger partial charge in [0.1, 0.15) is 0 Å². The van der Waals surface area contributed by atoms with Crippen LogP contribution in [-0.4, -0.2) is 23.9 Å². The number of nitrogens with zero attached hydrogens (tertiary/aromatic N) is 1. The average Bonchev–Trinajstić information content (AvgIpc) is 2.85. The summed E-state index contributed by atoms with van der Waals surface area (Å²) in [4.78, 5) is 14.2. The van der Waals surface area contributed by atoms with Gasteiger partial charge in [0.05, 0.1) is 0 Å².